The van der Waals surface area contributed by atoms with Crippen LogP contribution < -0.4 is 15.4 Å². The number of hydrogen-bond acceptors (Lipinski definition) is 13. The summed E-state index contributed by atoms with van der Waals surface area (Å²) in [5.41, 5.74) is 3.23. The van der Waals surface area contributed by atoms with Crippen LogP contribution in [0.4, 0.5) is 5.69 Å². The van der Waals surface area contributed by atoms with Gasteiger partial charge in [-0.2, -0.15) is 11.8 Å². The zero-order valence-corrected chi connectivity index (χ0v) is 28.7. The van der Waals surface area contributed by atoms with E-state index in [2.05, 4.69) is 15.5 Å². The lowest BCUT2D eigenvalue weighted by molar-refractivity contribution is -0.384. The molecule has 0 radical (unpaired) electrons. The number of carbonyl (C=O) groups is 2. The highest BCUT2D eigenvalue weighted by atomic mass is 32.2. The number of thioether (sulfide) groups is 1. The molecular formula is C34H44N4O9S. The average Bonchev–Trinajstić information content (AvgIpc) is 3.08. The third-order valence-corrected chi connectivity index (χ3v) is 9.00. The van der Waals surface area contributed by atoms with Gasteiger partial charge in [0.2, 0.25) is 0 Å². The minimum absolute atomic E-state index is 0.108. The Labute approximate surface area is 284 Å². The van der Waals surface area contributed by atoms with Crippen LogP contribution in [0.25, 0.3) is 0 Å². The molecule has 2 aliphatic heterocycles. The minimum Gasteiger partial charge on any atom is -0.507 e. The van der Waals surface area contributed by atoms with Gasteiger partial charge < -0.3 is 34.7 Å². The number of nitro benzene ring substituents is 1. The number of non-ortho nitro benzene ring substituents is 1. The Hall–Kier alpha value is -4.11. The number of carbonyl (C=O) groups excluding carboxylic acids is 2. The molecule has 0 bridgehead atoms. The lowest BCUT2D eigenvalue weighted by Gasteiger charge is -2.31. The van der Waals surface area contributed by atoms with Crippen molar-refractivity contribution in [3.63, 3.8) is 0 Å². The van der Waals surface area contributed by atoms with E-state index >= 15 is 0 Å². The van der Waals surface area contributed by atoms with E-state index in [0.29, 0.717) is 67.1 Å². The van der Waals surface area contributed by atoms with Gasteiger partial charge in [0.25, 0.3) is 5.69 Å². The largest absolute Gasteiger partial charge is 0.507 e. The van der Waals surface area contributed by atoms with Crippen LogP contribution >= 0.6 is 11.8 Å². The molecule has 0 aliphatic carbocycles. The van der Waals surface area contributed by atoms with Crippen molar-refractivity contribution in [3.8, 4) is 11.5 Å². The molecule has 13 nitrogen and oxygen atoms in total. The van der Waals surface area contributed by atoms with Gasteiger partial charge in [-0.15, -0.1) is 0 Å². The number of allylic oxidation sites excluding steroid dienone is 1. The van der Waals surface area contributed by atoms with E-state index in [1.807, 2.05) is 12.1 Å². The standard InChI is InChI=1S/C34H44N4O9S/c1-5-46-33(40)29-22(3)36-28(31(34(41)47-6-2)30(29)23-8-7-9-26(16-23)38(42)43)21-48-15-10-35-19-24-17-27(44-4)18-25(32(24)39)20-37-11-13-45-14-12-37/h7-9,16-18,30,35-36,39H,5-6,10-15,19-21H2,1-4H3. The Morgan fingerprint density at radius 1 is 1.10 bits per heavy atom. The fourth-order valence-electron chi connectivity index (χ4n) is 5.73. The predicted octanol–water partition coefficient (Wildman–Crippen LogP) is 4.01. The van der Waals surface area contributed by atoms with E-state index in [1.165, 1.54) is 18.2 Å². The van der Waals surface area contributed by atoms with E-state index in [0.717, 1.165) is 24.2 Å². The molecular weight excluding hydrogens is 640 g/mol. The number of aromatic hydroxyl groups is 1. The summed E-state index contributed by atoms with van der Waals surface area (Å²) >= 11 is 1.56. The van der Waals surface area contributed by atoms with Gasteiger partial charge in [-0.1, -0.05) is 12.1 Å². The van der Waals surface area contributed by atoms with Crippen molar-refractivity contribution < 1.29 is 38.6 Å². The lowest BCUT2D eigenvalue weighted by atomic mass is 9.80. The highest BCUT2D eigenvalue weighted by Gasteiger charge is 2.39. The van der Waals surface area contributed by atoms with Crippen molar-refractivity contribution in [2.75, 3.05) is 64.7 Å². The number of rotatable bonds is 16. The highest BCUT2D eigenvalue weighted by Crippen LogP contribution is 2.41. The molecule has 14 heteroatoms. The first-order valence-electron chi connectivity index (χ1n) is 15.9. The van der Waals surface area contributed by atoms with Crippen LogP contribution in [-0.2, 0) is 36.9 Å². The number of benzene rings is 2. The topological polar surface area (TPSA) is 162 Å². The SMILES string of the molecule is CCOC(=O)C1=C(C)NC(CSCCNCc2cc(OC)cc(CN3CCOCC3)c2O)=C(C(=O)OCC)C1c1cccc([N+](=O)[O-])c1. The van der Waals surface area contributed by atoms with Crippen molar-refractivity contribution in [2.45, 2.75) is 39.8 Å². The highest BCUT2D eigenvalue weighted by molar-refractivity contribution is 7.99. The molecule has 2 aromatic carbocycles. The number of ether oxygens (including phenoxy) is 4. The number of dihydropyridines is 1. The number of phenolic OH excluding ortho intramolecular Hbond substituents is 1. The van der Waals surface area contributed by atoms with E-state index in [4.69, 9.17) is 18.9 Å². The van der Waals surface area contributed by atoms with Gasteiger partial charge in [0, 0.05) is 78.9 Å². The Kier molecular flexibility index (Phi) is 13.7. The zero-order valence-electron chi connectivity index (χ0n) is 27.8. The first kappa shape index (κ1) is 36.7. The second-order valence-electron chi connectivity index (χ2n) is 11.2. The third kappa shape index (κ3) is 9.28. The van der Waals surface area contributed by atoms with Crippen LogP contribution in [0, 0.1) is 10.1 Å². The van der Waals surface area contributed by atoms with E-state index in [9.17, 15) is 24.8 Å². The molecule has 0 aromatic heterocycles. The van der Waals surface area contributed by atoms with Gasteiger partial charge in [-0.05, 0) is 38.5 Å². The maximum absolute atomic E-state index is 13.5. The van der Waals surface area contributed by atoms with E-state index in [1.54, 1.807) is 45.7 Å². The van der Waals surface area contributed by atoms with Gasteiger partial charge >= 0.3 is 11.9 Å². The summed E-state index contributed by atoms with van der Waals surface area (Å²) in [6, 6.07) is 9.60. The molecule has 4 rings (SSSR count). The first-order valence-corrected chi connectivity index (χ1v) is 17.1. The van der Waals surface area contributed by atoms with Crippen LogP contribution in [0.3, 0.4) is 0 Å². The molecule has 0 spiro atoms. The molecule has 0 amide bonds. The Bertz CT molecular complexity index is 1540. The Morgan fingerprint density at radius 3 is 2.46 bits per heavy atom. The third-order valence-electron chi connectivity index (χ3n) is 8.01. The Morgan fingerprint density at radius 2 is 1.79 bits per heavy atom. The maximum Gasteiger partial charge on any atom is 0.336 e. The maximum atomic E-state index is 13.5. The van der Waals surface area contributed by atoms with E-state index < -0.39 is 22.8 Å². The summed E-state index contributed by atoms with van der Waals surface area (Å²) in [5, 5.41) is 29.3. The normalized spacial score (nSPS) is 16.8. The molecule has 2 heterocycles. The number of methoxy groups -OCH3 is 1. The summed E-state index contributed by atoms with van der Waals surface area (Å²) in [7, 11) is 1.60. The summed E-state index contributed by atoms with van der Waals surface area (Å²) in [6.45, 7) is 9.89. The molecule has 1 unspecified atom stereocenters. The van der Waals surface area contributed by atoms with Crippen LogP contribution in [0.1, 0.15) is 43.4 Å². The van der Waals surface area contributed by atoms with Gasteiger partial charge in [0.1, 0.15) is 11.5 Å². The zero-order chi connectivity index (χ0) is 34.6. The van der Waals surface area contributed by atoms with Crippen molar-refractivity contribution in [3.05, 3.63) is 85.7 Å². The molecule has 0 saturated carbocycles. The number of phenols is 1. The van der Waals surface area contributed by atoms with Crippen molar-refractivity contribution >= 4 is 29.4 Å². The molecule has 2 aliphatic rings. The summed E-state index contributed by atoms with van der Waals surface area (Å²) in [5.74, 6) is -0.222. The smallest absolute Gasteiger partial charge is 0.336 e. The van der Waals surface area contributed by atoms with Crippen LogP contribution in [0.15, 0.2) is 58.9 Å². The van der Waals surface area contributed by atoms with Crippen LogP contribution in [0.2, 0.25) is 0 Å². The lowest BCUT2D eigenvalue weighted by Crippen LogP contribution is -2.35. The number of nitro groups is 1. The van der Waals surface area contributed by atoms with E-state index in [-0.39, 0.29) is 35.8 Å². The fraction of sp³-hybridized carbons (Fsp3) is 0.471. The monoisotopic (exact) mass is 684 g/mol. The molecule has 2 aromatic rings. The predicted molar refractivity (Wildman–Crippen MR) is 182 cm³/mol. The summed E-state index contributed by atoms with van der Waals surface area (Å²) < 4.78 is 21.7. The van der Waals surface area contributed by atoms with Crippen LogP contribution in [-0.4, -0.2) is 91.5 Å². The number of morpholine rings is 1. The van der Waals surface area contributed by atoms with Crippen molar-refractivity contribution in [1.82, 2.24) is 15.5 Å². The number of nitrogens with zero attached hydrogens (tertiary/aromatic N) is 2. The Balaban J connectivity index is 1.49. The second-order valence-corrected chi connectivity index (χ2v) is 12.3. The van der Waals surface area contributed by atoms with Crippen LogP contribution in [0.5, 0.6) is 11.5 Å². The second kappa shape index (κ2) is 17.9. The van der Waals surface area contributed by atoms with Crippen molar-refractivity contribution in [1.29, 1.82) is 0 Å². The van der Waals surface area contributed by atoms with Crippen molar-refractivity contribution in [2.24, 2.45) is 0 Å². The molecule has 1 saturated heterocycles. The fourth-order valence-corrected chi connectivity index (χ4v) is 6.60. The molecule has 1 fully saturated rings. The summed E-state index contributed by atoms with van der Waals surface area (Å²) in [4.78, 5) is 40.0. The minimum atomic E-state index is -0.930. The summed E-state index contributed by atoms with van der Waals surface area (Å²) in [6.07, 6.45) is 0. The number of hydrogen-bond donors (Lipinski definition) is 3. The number of esters is 2. The first-order chi connectivity index (χ1) is 23.2. The van der Waals surface area contributed by atoms with Gasteiger partial charge in [-0.3, -0.25) is 15.0 Å². The number of nitrogens with one attached hydrogen (secondary N) is 2. The molecule has 260 valence electrons. The molecule has 48 heavy (non-hydrogen) atoms. The van der Waals surface area contributed by atoms with Gasteiger partial charge in [0.05, 0.1) is 55.5 Å². The molecule has 3 N–H and O–H groups in total. The van der Waals surface area contributed by atoms with Gasteiger partial charge in [-0.25, -0.2) is 9.59 Å². The quantitative estimate of drug-likeness (QED) is 0.101. The molecule has 1 atom stereocenters. The van der Waals surface area contributed by atoms with Gasteiger partial charge in [0.15, 0.2) is 0 Å². The average molecular weight is 685 g/mol.